The Kier molecular flexibility index (Phi) is 9.99. The summed E-state index contributed by atoms with van der Waals surface area (Å²) in [5, 5.41) is 13.1. The number of hydrogen-bond acceptors (Lipinski definition) is 5. The van der Waals surface area contributed by atoms with Gasteiger partial charge in [0, 0.05) is 55.0 Å². The van der Waals surface area contributed by atoms with Gasteiger partial charge in [0.2, 0.25) is 11.8 Å². The van der Waals surface area contributed by atoms with E-state index in [1.807, 2.05) is 41.3 Å². The van der Waals surface area contributed by atoms with Crippen molar-refractivity contribution in [2.75, 3.05) is 37.6 Å². The summed E-state index contributed by atoms with van der Waals surface area (Å²) in [7, 11) is 0. The topological polar surface area (TPSA) is 89.9 Å². The highest BCUT2D eigenvalue weighted by Gasteiger charge is 2.27. The van der Waals surface area contributed by atoms with Gasteiger partial charge in [-0.2, -0.15) is 0 Å². The van der Waals surface area contributed by atoms with Gasteiger partial charge in [-0.05, 0) is 55.5 Å². The molecule has 2 saturated heterocycles. The first kappa shape index (κ1) is 28.3. The summed E-state index contributed by atoms with van der Waals surface area (Å²) in [6, 6.07) is 11.6. The van der Waals surface area contributed by atoms with Gasteiger partial charge in [0.15, 0.2) is 0 Å². The molecule has 0 saturated carbocycles. The molecule has 7 nitrogen and oxygen atoms in total. The van der Waals surface area contributed by atoms with Crippen LogP contribution in [0.5, 0.6) is 0 Å². The fraction of sp³-hybridized carbons (Fsp3) is 0.393. The maximum absolute atomic E-state index is 12.2. The number of rotatable bonds is 10. The third-order valence-corrected chi connectivity index (χ3v) is 8.90. The number of nitrogens with zero attached hydrogens (tertiary/aromatic N) is 2. The van der Waals surface area contributed by atoms with Crippen LogP contribution in [-0.2, 0) is 14.4 Å². The number of benzene rings is 2. The number of anilines is 1. The molecular weight excluding hydrogens is 545 g/mol. The second-order valence-corrected chi connectivity index (χ2v) is 11.3. The average molecular weight is 577 g/mol. The van der Waals surface area contributed by atoms with Crippen molar-refractivity contribution in [2.24, 2.45) is 5.92 Å². The Bertz CT molecular complexity index is 1220. The molecule has 0 aliphatic carbocycles. The van der Waals surface area contributed by atoms with E-state index >= 15 is 0 Å². The second kappa shape index (κ2) is 13.4. The van der Waals surface area contributed by atoms with Gasteiger partial charge in [-0.25, -0.2) is 0 Å². The normalized spacial score (nSPS) is 17.8. The second-order valence-electron chi connectivity index (χ2n) is 9.44. The van der Waals surface area contributed by atoms with Crippen molar-refractivity contribution in [3.8, 4) is 0 Å². The number of likely N-dealkylation sites (tertiary alicyclic amines) is 1. The standard InChI is InChI=1S/C28H31Cl2N3O4S/c29-26-19(11-13-24(34)31-14-5-17-32-15-4-9-25(32)35)10-12-23(27(26)30)38-22-8-2-1-7-21(22)33-16-3-6-20(18-33)28(36)37/h1-2,7-8,10-13,20H,3-6,9,14-18H2,(H,31,34)(H,36,37)/b13-11+. The molecule has 202 valence electrons. The van der Waals surface area contributed by atoms with Crippen LogP contribution in [0.2, 0.25) is 10.0 Å². The number of hydrogen-bond donors (Lipinski definition) is 2. The van der Waals surface area contributed by atoms with Crippen LogP contribution < -0.4 is 10.2 Å². The fourth-order valence-corrected chi connectivity index (χ4v) is 6.31. The number of carbonyl (C=O) groups is 3. The maximum Gasteiger partial charge on any atom is 0.308 e. The Morgan fingerprint density at radius 1 is 1.08 bits per heavy atom. The predicted octanol–water partition coefficient (Wildman–Crippen LogP) is 5.59. The SMILES string of the molecule is O=C(/C=C/c1ccc(Sc2ccccc2N2CCCC(C(=O)O)C2)c(Cl)c1Cl)NCCCN1CCCC1=O. The molecule has 2 aromatic rings. The molecule has 1 unspecified atom stereocenters. The largest absolute Gasteiger partial charge is 0.481 e. The maximum atomic E-state index is 12.2. The molecule has 2 fully saturated rings. The van der Waals surface area contributed by atoms with Gasteiger partial charge in [-0.1, -0.05) is 53.2 Å². The molecular formula is C28H31Cl2N3O4S. The summed E-state index contributed by atoms with van der Waals surface area (Å²) < 4.78 is 0. The van der Waals surface area contributed by atoms with E-state index in [0.717, 1.165) is 41.4 Å². The predicted molar refractivity (Wildman–Crippen MR) is 152 cm³/mol. The number of amides is 2. The smallest absolute Gasteiger partial charge is 0.308 e. The van der Waals surface area contributed by atoms with Crippen LogP contribution in [0.25, 0.3) is 6.08 Å². The lowest BCUT2D eigenvalue weighted by Gasteiger charge is -2.33. The third kappa shape index (κ3) is 7.24. The van der Waals surface area contributed by atoms with Crippen molar-refractivity contribution in [2.45, 2.75) is 41.9 Å². The zero-order chi connectivity index (χ0) is 27.1. The monoisotopic (exact) mass is 575 g/mol. The number of halogens is 2. The molecule has 2 heterocycles. The van der Waals surface area contributed by atoms with Gasteiger partial charge >= 0.3 is 5.97 Å². The Balaban J connectivity index is 1.36. The minimum absolute atomic E-state index is 0.186. The molecule has 10 heteroatoms. The molecule has 2 aromatic carbocycles. The number of para-hydroxylation sites is 1. The molecule has 0 bridgehead atoms. The van der Waals surface area contributed by atoms with E-state index in [0.29, 0.717) is 54.5 Å². The first-order valence-corrected chi connectivity index (χ1v) is 14.4. The summed E-state index contributed by atoms with van der Waals surface area (Å²) in [5.41, 5.74) is 1.61. The van der Waals surface area contributed by atoms with E-state index in [4.69, 9.17) is 23.2 Å². The van der Waals surface area contributed by atoms with E-state index in [1.165, 1.54) is 17.8 Å². The lowest BCUT2D eigenvalue weighted by Crippen LogP contribution is -2.38. The zero-order valence-electron chi connectivity index (χ0n) is 21.0. The first-order valence-electron chi connectivity index (χ1n) is 12.8. The first-order chi connectivity index (χ1) is 18.3. The van der Waals surface area contributed by atoms with E-state index < -0.39 is 5.97 Å². The Morgan fingerprint density at radius 3 is 2.66 bits per heavy atom. The quantitative estimate of drug-likeness (QED) is 0.283. The highest BCUT2D eigenvalue weighted by Crippen LogP contribution is 2.43. The molecule has 0 spiro atoms. The summed E-state index contributed by atoms with van der Waals surface area (Å²) in [4.78, 5) is 41.1. The Hall–Kier alpha value is -2.68. The Labute approximate surface area is 237 Å². The highest BCUT2D eigenvalue weighted by atomic mass is 35.5. The van der Waals surface area contributed by atoms with Crippen LogP contribution in [0.15, 0.2) is 52.3 Å². The van der Waals surface area contributed by atoms with E-state index in [9.17, 15) is 19.5 Å². The van der Waals surface area contributed by atoms with E-state index in [2.05, 4.69) is 10.2 Å². The van der Waals surface area contributed by atoms with Crippen LogP contribution in [0.1, 0.15) is 37.7 Å². The number of carbonyl (C=O) groups excluding carboxylic acids is 2. The number of carboxylic acid groups (broad SMARTS) is 1. The molecule has 2 N–H and O–H groups in total. The molecule has 2 aliphatic heterocycles. The molecule has 4 rings (SSSR count). The zero-order valence-corrected chi connectivity index (χ0v) is 23.3. The van der Waals surface area contributed by atoms with Crippen LogP contribution in [-0.4, -0.2) is 60.5 Å². The van der Waals surface area contributed by atoms with Gasteiger partial charge in [0.25, 0.3) is 0 Å². The van der Waals surface area contributed by atoms with E-state index in [-0.39, 0.29) is 17.7 Å². The van der Waals surface area contributed by atoms with Gasteiger partial charge in [-0.3, -0.25) is 14.4 Å². The van der Waals surface area contributed by atoms with Crippen molar-refractivity contribution in [3.63, 3.8) is 0 Å². The summed E-state index contributed by atoms with van der Waals surface area (Å²) >= 11 is 14.7. The van der Waals surface area contributed by atoms with Crippen molar-refractivity contribution in [1.29, 1.82) is 0 Å². The number of carboxylic acids is 1. The van der Waals surface area contributed by atoms with Crippen LogP contribution in [0.3, 0.4) is 0 Å². The highest BCUT2D eigenvalue weighted by molar-refractivity contribution is 7.99. The lowest BCUT2D eigenvalue weighted by molar-refractivity contribution is -0.142. The van der Waals surface area contributed by atoms with Gasteiger partial charge in [0.1, 0.15) is 0 Å². The number of piperidine rings is 1. The summed E-state index contributed by atoms with van der Waals surface area (Å²) in [5.74, 6) is -1.19. The van der Waals surface area contributed by atoms with Crippen molar-refractivity contribution in [3.05, 3.63) is 58.1 Å². The molecule has 2 amide bonds. The molecule has 38 heavy (non-hydrogen) atoms. The number of aliphatic carboxylic acids is 1. The van der Waals surface area contributed by atoms with Crippen LogP contribution in [0.4, 0.5) is 5.69 Å². The van der Waals surface area contributed by atoms with Gasteiger partial charge in [-0.15, -0.1) is 0 Å². The van der Waals surface area contributed by atoms with Crippen molar-refractivity contribution < 1.29 is 19.5 Å². The summed E-state index contributed by atoms with van der Waals surface area (Å²) in [6.45, 7) is 3.22. The summed E-state index contributed by atoms with van der Waals surface area (Å²) in [6.07, 6.45) is 6.82. The van der Waals surface area contributed by atoms with Gasteiger partial charge in [0.05, 0.1) is 21.7 Å². The molecule has 1 atom stereocenters. The van der Waals surface area contributed by atoms with Crippen molar-refractivity contribution in [1.82, 2.24) is 10.2 Å². The minimum atomic E-state index is -0.759. The average Bonchev–Trinajstić information content (AvgIpc) is 3.33. The van der Waals surface area contributed by atoms with Crippen LogP contribution >= 0.6 is 35.0 Å². The third-order valence-electron chi connectivity index (χ3n) is 6.76. The fourth-order valence-electron chi connectivity index (χ4n) is 4.72. The molecule has 2 aliphatic rings. The van der Waals surface area contributed by atoms with Gasteiger partial charge < -0.3 is 20.2 Å². The minimum Gasteiger partial charge on any atom is -0.481 e. The lowest BCUT2D eigenvalue weighted by atomic mass is 9.98. The molecule has 0 radical (unpaired) electrons. The van der Waals surface area contributed by atoms with E-state index in [1.54, 1.807) is 6.08 Å². The van der Waals surface area contributed by atoms with Crippen LogP contribution in [0, 0.1) is 5.92 Å². The Morgan fingerprint density at radius 2 is 1.89 bits per heavy atom. The number of nitrogens with one attached hydrogen (secondary N) is 1. The molecule has 0 aromatic heterocycles. The van der Waals surface area contributed by atoms with Crippen molar-refractivity contribution >= 4 is 64.5 Å².